The first-order valence-corrected chi connectivity index (χ1v) is 12.3. The van der Waals surface area contributed by atoms with Gasteiger partial charge in [0, 0.05) is 30.7 Å². The minimum Gasteiger partial charge on any atom is -0.378 e. The van der Waals surface area contributed by atoms with Gasteiger partial charge < -0.3 is 15.0 Å². The van der Waals surface area contributed by atoms with E-state index in [1.54, 1.807) is 36.4 Å². The lowest BCUT2D eigenvalue weighted by Gasteiger charge is -2.30. The number of amides is 1. The molecule has 0 aromatic heterocycles. The lowest BCUT2D eigenvalue weighted by Crippen LogP contribution is -2.36. The van der Waals surface area contributed by atoms with Gasteiger partial charge in [-0.2, -0.15) is 0 Å². The van der Waals surface area contributed by atoms with Crippen molar-refractivity contribution in [3.8, 4) is 0 Å². The molecule has 0 saturated carbocycles. The summed E-state index contributed by atoms with van der Waals surface area (Å²) in [6, 6.07) is 20.0. The highest BCUT2D eigenvalue weighted by Crippen LogP contribution is 2.30. The van der Waals surface area contributed by atoms with Crippen LogP contribution in [0.2, 0.25) is 5.02 Å². The van der Waals surface area contributed by atoms with Gasteiger partial charge in [-0.25, -0.2) is 8.42 Å². The van der Waals surface area contributed by atoms with E-state index < -0.39 is 10.0 Å². The Morgan fingerprint density at radius 1 is 1.00 bits per heavy atom. The van der Waals surface area contributed by atoms with Crippen LogP contribution in [0, 0.1) is 0 Å². The molecule has 0 radical (unpaired) electrons. The molecule has 0 atom stereocenters. The van der Waals surface area contributed by atoms with E-state index in [1.807, 2.05) is 12.1 Å². The van der Waals surface area contributed by atoms with Crippen molar-refractivity contribution in [1.29, 1.82) is 0 Å². The first kappa shape index (κ1) is 23.1. The standard InChI is InChI=1S/C24H24ClN3O4S/c1-27(20-5-3-2-4-6-20)33(30,31)21-10-7-18(8-11-21)24(29)26-22-17-19(25)9-12-23(22)28-13-15-32-16-14-28/h2-12,17H,13-16H2,1H3,(H,26,29). The van der Waals surface area contributed by atoms with Crippen LogP contribution in [-0.2, 0) is 14.8 Å². The Kier molecular flexibility index (Phi) is 6.88. The molecular formula is C24H24ClN3O4S. The van der Waals surface area contributed by atoms with E-state index in [9.17, 15) is 13.2 Å². The fourth-order valence-corrected chi connectivity index (χ4v) is 4.96. The highest BCUT2D eigenvalue weighted by atomic mass is 35.5. The highest BCUT2D eigenvalue weighted by Gasteiger charge is 2.22. The zero-order valence-corrected chi connectivity index (χ0v) is 19.6. The fourth-order valence-electron chi connectivity index (χ4n) is 3.60. The van der Waals surface area contributed by atoms with E-state index >= 15 is 0 Å². The number of halogens is 1. The average molecular weight is 486 g/mol. The highest BCUT2D eigenvalue weighted by molar-refractivity contribution is 7.92. The number of hydrogen-bond acceptors (Lipinski definition) is 5. The number of carbonyl (C=O) groups is 1. The molecule has 4 rings (SSSR count). The molecule has 3 aromatic carbocycles. The van der Waals surface area contributed by atoms with Gasteiger partial charge in [0.25, 0.3) is 15.9 Å². The van der Waals surface area contributed by atoms with Crippen molar-refractivity contribution >= 4 is 44.6 Å². The molecule has 1 N–H and O–H groups in total. The number of carbonyl (C=O) groups excluding carboxylic acids is 1. The van der Waals surface area contributed by atoms with Crippen LogP contribution in [0.3, 0.4) is 0 Å². The molecule has 3 aromatic rings. The number of sulfonamides is 1. The smallest absolute Gasteiger partial charge is 0.264 e. The molecule has 33 heavy (non-hydrogen) atoms. The minimum absolute atomic E-state index is 0.0992. The predicted octanol–water partition coefficient (Wildman–Crippen LogP) is 4.25. The third-order valence-electron chi connectivity index (χ3n) is 5.45. The van der Waals surface area contributed by atoms with E-state index in [2.05, 4.69) is 10.2 Å². The zero-order chi connectivity index (χ0) is 23.4. The summed E-state index contributed by atoms with van der Waals surface area (Å²) < 4.78 is 32.5. The van der Waals surface area contributed by atoms with E-state index in [4.69, 9.17) is 16.3 Å². The summed E-state index contributed by atoms with van der Waals surface area (Å²) in [5, 5.41) is 3.41. The molecular weight excluding hydrogens is 462 g/mol. The summed E-state index contributed by atoms with van der Waals surface area (Å²) in [7, 11) is -2.26. The Balaban J connectivity index is 1.53. The lowest BCUT2D eigenvalue weighted by atomic mass is 10.2. The molecule has 0 spiro atoms. The van der Waals surface area contributed by atoms with Gasteiger partial charge >= 0.3 is 0 Å². The second-order valence-electron chi connectivity index (χ2n) is 7.55. The fraction of sp³-hybridized carbons (Fsp3) is 0.208. The molecule has 1 heterocycles. The Morgan fingerprint density at radius 3 is 2.33 bits per heavy atom. The minimum atomic E-state index is -3.75. The van der Waals surface area contributed by atoms with Crippen molar-refractivity contribution in [2.24, 2.45) is 0 Å². The number of rotatable bonds is 6. The largest absolute Gasteiger partial charge is 0.378 e. The van der Waals surface area contributed by atoms with Crippen LogP contribution in [0.1, 0.15) is 10.4 Å². The number of morpholine rings is 1. The lowest BCUT2D eigenvalue weighted by molar-refractivity contribution is 0.102. The number of benzene rings is 3. The summed E-state index contributed by atoms with van der Waals surface area (Å²) in [6.07, 6.45) is 0. The van der Waals surface area contributed by atoms with Crippen molar-refractivity contribution in [3.63, 3.8) is 0 Å². The Hall–Kier alpha value is -3.07. The number of para-hydroxylation sites is 1. The monoisotopic (exact) mass is 485 g/mol. The van der Waals surface area contributed by atoms with E-state index in [1.165, 1.54) is 35.6 Å². The molecule has 9 heteroatoms. The third-order valence-corrected chi connectivity index (χ3v) is 7.49. The van der Waals surface area contributed by atoms with Gasteiger partial charge in [0.05, 0.1) is 35.2 Å². The Morgan fingerprint density at radius 2 is 1.67 bits per heavy atom. The van der Waals surface area contributed by atoms with Crippen LogP contribution < -0.4 is 14.5 Å². The van der Waals surface area contributed by atoms with Gasteiger partial charge in [-0.15, -0.1) is 0 Å². The van der Waals surface area contributed by atoms with E-state index in [0.29, 0.717) is 48.3 Å². The SMILES string of the molecule is CN(c1ccccc1)S(=O)(=O)c1ccc(C(=O)Nc2cc(Cl)ccc2N2CCOCC2)cc1. The number of nitrogens with one attached hydrogen (secondary N) is 1. The maximum atomic E-state index is 13.0. The molecule has 1 fully saturated rings. The molecule has 0 unspecified atom stereocenters. The van der Waals surface area contributed by atoms with Crippen LogP contribution >= 0.6 is 11.6 Å². The van der Waals surface area contributed by atoms with E-state index in [-0.39, 0.29) is 10.8 Å². The van der Waals surface area contributed by atoms with E-state index in [0.717, 1.165) is 5.69 Å². The maximum absolute atomic E-state index is 13.0. The summed E-state index contributed by atoms with van der Waals surface area (Å²) in [5.74, 6) is -0.355. The summed E-state index contributed by atoms with van der Waals surface area (Å²) >= 11 is 6.17. The molecule has 1 aliphatic rings. The van der Waals surface area contributed by atoms with Gasteiger partial charge in [0.1, 0.15) is 0 Å². The maximum Gasteiger partial charge on any atom is 0.264 e. The first-order valence-electron chi connectivity index (χ1n) is 10.4. The number of anilines is 3. The van der Waals surface area contributed by atoms with Gasteiger partial charge in [-0.1, -0.05) is 29.8 Å². The number of ether oxygens (including phenoxy) is 1. The van der Waals surface area contributed by atoms with Crippen LogP contribution in [0.25, 0.3) is 0 Å². The molecule has 0 aliphatic carbocycles. The second kappa shape index (κ2) is 9.82. The van der Waals surface area contributed by atoms with Gasteiger partial charge in [-0.05, 0) is 54.6 Å². The molecule has 0 bridgehead atoms. The average Bonchev–Trinajstić information content (AvgIpc) is 2.85. The van der Waals surface area contributed by atoms with Crippen molar-refractivity contribution in [2.45, 2.75) is 4.90 Å². The van der Waals surface area contributed by atoms with Crippen LogP contribution in [0.4, 0.5) is 17.1 Å². The molecule has 172 valence electrons. The molecule has 1 amide bonds. The van der Waals surface area contributed by atoms with Crippen LogP contribution in [0.15, 0.2) is 77.7 Å². The third kappa shape index (κ3) is 5.13. The number of nitrogens with zero attached hydrogens (tertiary/aromatic N) is 2. The number of hydrogen-bond donors (Lipinski definition) is 1. The predicted molar refractivity (Wildman–Crippen MR) is 131 cm³/mol. The van der Waals surface area contributed by atoms with Crippen molar-refractivity contribution in [2.75, 3.05) is 47.9 Å². The summed E-state index contributed by atoms with van der Waals surface area (Å²) in [4.78, 5) is 15.1. The molecule has 1 saturated heterocycles. The van der Waals surface area contributed by atoms with Crippen LogP contribution in [0.5, 0.6) is 0 Å². The quantitative estimate of drug-likeness (QED) is 0.564. The Bertz CT molecular complexity index is 1230. The molecule has 1 aliphatic heterocycles. The normalized spacial score (nSPS) is 14.1. The van der Waals surface area contributed by atoms with Crippen LogP contribution in [-0.4, -0.2) is 47.7 Å². The Labute approximate surface area is 198 Å². The summed E-state index contributed by atoms with van der Waals surface area (Å²) in [6.45, 7) is 2.66. The zero-order valence-electron chi connectivity index (χ0n) is 18.1. The summed E-state index contributed by atoms with van der Waals surface area (Å²) in [5.41, 5.74) is 2.34. The van der Waals surface area contributed by atoms with Crippen molar-refractivity contribution in [1.82, 2.24) is 0 Å². The molecule has 7 nitrogen and oxygen atoms in total. The van der Waals surface area contributed by atoms with Crippen molar-refractivity contribution < 1.29 is 17.9 Å². The van der Waals surface area contributed by atoms with Gasteiger partial charge in [0.15, 0.2) is 0 Å². The van der Waals surface area contributed by atoms with Gasteiger partial charge in [0.2, 0.25) is 0 Å². The first-order chi connectivity index (χ1) is 15.9. The second-order valence-corrected chi connectivity index (χ2v) is 9.95. The van der Waals surface area contributed by atoms with Gasteiger partial charge in [-0.3, -0.25) is 9.10 Å². The topological polar surface area (TPSA) is 79.0 Å². The van der Waals surface area contributed by atoms with Crippen molar-refractivity contribution in [3.05, 3.63) is 83.4 Å².